The lowest BCUT2D eigenvalue weighted by molar-refractivity contribution is 0.0170. The molecule has 0 atom stereocenters. The minimum absolute atomic E-state index is 0.0683. The van der Waals surface area contributed by atoms with Crippen molar-refractivity contribution in [3.05, 3.63) is 36.5 Å². The van der Waals surface area contributed by atoms with Crippen molar-refractivity contribution in [1.82, 2.24) is 19.7 Å². The van der Waals surface area contributed by atoms with E-state index in [1.807, 2.05) is 32.9 Å². The molecule has 1 aliphatic rings. The van der Waals surface area contributed by atoms with Gasteiger partial charge in [0.2, 0.25) is 0 Å². The third kappa shape index (κ3) is 5.18. The molecular weight excluding hydrogens is 356 g/mol. The van der Waals surface area contributed by atoms with Crippen LogP contribution in [0.25, 0.3) is 10.9 Å². The average Bonchev–Trinajstić information content (AvgIpc) is 3.07. The molecule has 1 fully saturated rings. The van der Waals surface area contributed by atoms with Crippen LogP contribution in [0.4, 0.5) is 9.59 Å². The molecule has 0 unspecified atom stereocenters. The number of fused-ring (bicyclic) bond motifs is 1. The maximum atomic E-state index is 12.4. The number of aromatic nitrogens is 1. The van der Waals surface area contributed by atoms with Crippen molar-refractivity contribution in [2.75, 3.05) is 32.7 Å². The number of piperazine rings is 1. The van der Waals surface area contributed by atoms with Crippen LogP contribution in [0.2, 0.25) is 0 Å². The molecule has 1 aromatic carbocycles. The smallest absolute Gasteiger partial charge is 0.410 e. The Bertz CT molecular complexity index is 816. The first-order valence-electron chi connectivity index (χ1n) is 9.88. The van der Waals surface area contributed by atoms with Crippen molar-refractivity contribution in [2.45, 2.75) is 39.3 Å². The highest BCUT2D eigenvalue weighted by molar-refractivity contribution is 5.79. The van der Waals surface area contributed by atoms with Gasteiger partial charge in [0.15, 0.2) is 0 Å². The number of aryl methyl sites for hydroxylation is 1. The molecule has 0 spiro atoms. The number of amides is 3. The third-order valence-corrected chi connectivity index (χ3v) is 4.75. The minimum Gasteiger partial charge on any atom is -0.444 e. The van der Waals surface area contributed by atoms with Crippen molar-refractivity contribution >= 4 is 23.0 Å². The Morgan fingerprint density at radius 2 is 1.71 bits per heavy atom. The summed E-state index contributed by atoms with van der Waals surface area (Å²) < 4.78 is 7.59. The van der Waals surface area contributed by atoms with Crippen molar-refractivity contribution in [3.63, 3.8) is 0 Å². The molecule has 1 N–H and O–H groups in total. The summed E-state index contributed by atoms with van der Waals surface area (Å²) in [6.07, 6.45) is 2.64. The lowest BCUT2D eigenvalue weighted by atomic mass is 10.2. The highest BCUT2D eigenvalue weighted by Crippen LogP contribution is 2.15. The zero-order valence-corrected chi connectivity index (χ0v) is 17.0. The van der Waals surface area contributed by atoms with E-state index in [2.05, 4.69) is 34.3 Å². The van der Waals surface area contributed by atoms with Crippen LogP contribution in [-0.2, 0) is 11.3 Å². The van der Waals surface area contributed by atoms with Gasteiger partial charge in [-0.25, -0.2) is 9.59 Å². The number of nitrogens with zero attached hydrogens (tertiary/aromatic N) is 3. The fourth-order valence-electron chi connectivity index (χ4n) is 3.31. The fourth-order valence-corrected chi connectivity index (χ4v) is 3.31. The molecule has 7 nitrogen and oxygen atoms in total. The molecule has 7 heteroatoms. The number of urea groups is 1. The molecule has 28 heavy (non-hydrogen) atoms. The van der Waals surface area contributed by atoms with Crippen LogP contribution in [0, 0.1) is 0 Å². The van der Waals surface area contributed by atoms with E-state index in [1.54, 1.807) is 9.80 Å². The second-order valence-electron chi connectivity index (χ2n) is 8.11. The largest absolute Gasteiger partial charge is 0.444 e. The Kier molecular flexibility index (Phi) is 6.11. The number of rotatable bonds is 4. The van der Waals surface area contributed by atoms with Crippen molar-refractivity contribution in [1.29, 1.82) is 0 Å². The number of hydrogen-bond donors (Lipinski definition) is 1. The lowest BCUT2D eigenvalue weighted by Gasteiger charge is -2.35. The molecule has 3 amide bonds. The molecular formula is C21H30N4O3. The number of ether oxygens (including phenoxy) is 1. The second-order valence-corrected chi connectivity index (χ2v) is 8.11. The molecule has 1 saturated heterocycles. The van der Waals surface area contributed by atoms with Crippen LogP contribution in [0.1, 0.15) is 27.2 Å². The zero-order valence-electron chi connectivity index (χ0n) is 17.0. The molecule has 3 rings (SSSR count). The molecule has 0 bridgehead atoms. The predicted octanol–water partition coefficient (Wildman–Crippen LogP) is 3.29. The molecule has 2 aromatic rings. The molecule has 1 aromatic heterocycles. The zero-order chi connectivity index (χ0) is 20.1. The number of carbonyl (C=O) groups is 2. The average molecular weight is 386 g/mol. The minimum atomic E-state index is -0.503. The van der Waals surface area contributed by atoms with Gasteiger partial charge >= 0.3 is 12.1 Å². The van der Waals surface area contributed by atoms with Crippen molar-refractivity contribution in [2.24, 2.45) is 0 Å². The predicted molar refractivity (Wildman–Crippen MR) is 109 cm³/mol. The number of carbonyl (C=O) groups excluding carboxylic acids is 2. The number of hydrogen-bond acceptors (Lipinski definition) is 3. The summed E-state index contributed by atoms with van der Waals surface area (Å²) in [5.74, 6) is 0. The van der Waals surface area contributed by atoms with E-state index in [0.717, 1.165) is 13.0 Å². The van der Waals surface area contributed by atoms with Gasteiger partial charge in [-0.15, -0.1) is 0 Å². The van der Waals surface area contributed by atoms with E-state index in [4.69, 9.17) is 4.74 Å². The standard InChI is InChI=1S/C21H30N4O3/c1-21(2,3)28-20(27)25-15-13-24(14-16-25)19(26)22-10-6-11-23-12-9-17-7-4-5-8-18(17)23/h4-5,7-9,12H,6,10-11,13-16H2,1-3H3,(H,22,26). The summed E-state index contributed by atoms with van der Waals surface area (Å²) >= 11 is 0. The van der Waals surface area contributed by atoms with E-state index in [1.165, 1.54) is 10.9 Å². The van der Waals surface area contributed by atoms with Gasteiger partial charge in [-0.1, -0.05) is 18.2 Å². The molecule has 2 heterocycles. The first-order valence-corrected chi connectivity index (χ1v) is 9.88. The molecule has 0 aliphatic carbocycles. The number of benzene rings is 1. The Morgan fingerprint density at radius 1 is 1.04 bits per heavy atom. The molecule has 152 valence electrons. The third-order valence-electron chi connectivity index (χ3n) is 4.75. The quantitative estimate of drug-likeness (QED) is 0.820. The van der Waals surface area contributed by atoms with Crippen molar-refractivity contribution < 1.29 is 14.3 Å². The summed E-state index contributed by atoms with van der Waals surface area (Å²) in [6, 6.07) is 10.3. The Hall–Kier alpha value is -2.70. The van der Waals surface area contributed by atoms with Crippen LogP contribution in [-0.4, -0.2) is 64.8 Å². The Balaban J connectivity index is 1.37. The van der Waals surface area contributed by atoms with E-state index < -0.39 is 5.60 Å². The van der Waals surface area contributed by atoms with Gasteiger partial charge in [-0.3, -0.25) is 0 Å². The number of nitrogens with one attached hydrogen (secondary N) is 1. The first kappa shape index (κ1) is 20.0. The second kappa shape index (κ2) is 8.54. The van der Waals surface area contributed by atoms with Gasteiger partial charge in [0, 0.05) is 51.0 Å². The van der Waals surface area contributed by atoms with E-state index in [-0.39, 0.29) is 12.1 Å². The van der Waals surface area contributed by atoms with Crippen molar-refractivity contribution in [3.8, 4) is 0 Å². The summed E-state index contributed by atoms with van der Waals surface area (Å²) in [4.78, 5) is 27.9. The normalized spacial score (nSPS) is 15.0. The maximum absolute atomic E-state index is 12.4. The van der Waals surface area contributed by atoms with E-state index >= 15 is 0 Å². The summed E-state index contributed by atoms with van der Waals surface area (Å²) in [5.41, 5.74) is 0.712. The fraction of sp³-hybridized carbons (Fsp3) is 0.524. The van der Waals surface area contributed by atoms with Gasteiger partial charge in [-0.2, -0.15) is 0 Å². The Labute approximate surface area is 166 Å². The van der Waals surface area contributed by atoms with Gasteiger partial charge in [0.1, 0.15) is 5.60 Å². The SMILES string of the molecule is CC(C)(C)OC(=O)N1CCN(C(=O)NCCCn2ccc3ccccc32)CC1. The molecule has 1 aliphatic heterocycles. The first-order chi connectivity index (χ1) is 13.3. The van der Waals surface area contributed by atoms with Gasteiger partial charge in [0.05, 0.1) is 0 Å². The van der Waals surface area contributed by atoms with Crippen LogP contribution >= 0.6 is 0 Å². The summed E-state index contributed by atoms with van der Waals surface area (Å²) in [6.45, 7) is 9.08. The van der Waals surface area contributed by atoms with Crippen LogP contribution in [0.5, 0.6) is 0 Å². The number of para-hydroxylation sites is 1. The van der Waals surface area contributed by atoms with Gasteiger partial charge < -0.3 is 24.4 Å². The topological polar surface area (TPSA) is 66.8 Å². The van der Waals surface area contributed by atoms with Gasteiger partial charge in [-0.05, 0) is 44.7 Å². The van der Waals surface area contributed by atoms with Gasteiger partial charge in [0.25, 0.3) is 0 Å². The van der Waals surface area contributed by atoms with Crippen LogP contribution < -0.4 is 5.32 Å². The van der Waals surface area contributed by atoms with E-state index in [9.17, 15) is 9.59 Å². The van der Waals surface area contributed by atoms with Crippen LogP contribution in [0.15, 0.2) is 36.5 Å². The van der Waals surface area contributed by atoms with E-state index in [0.29, 0.717) is 32.7 Å². The molecule has 0 saturated carbocycles. The van der Waals surface area contributed by atoms with Crippen LogP contribution in [0.3, 0.4) is 0 Å². The maximum Gasteiger partial charge on any atom is 0.410 e. The summed E-state index contributed by atoms with van der Waals surface area (Å²) in [5, 5.41) is 4.22. The lowest BCUT2D eigenvalue weighted by Crippen LogP contribution is -2.54. The molecule has 0 radical (unpaired) electrons. The Morgan fingerprint density at radius 3 is 2.43 bits per heavy atom. The monoisotopic (exact) mass is 386 g/mol. The summed E-state index contributed by atoms with van der Waals surface area (Å²) in [7, 11) is 0. The highest BCUT2D eigenvalue weighted by atomic mass is 16.6. The highest BCUT2D eigenvalue weighted by Gasteiger charge is 2.27.